The standard InChI is InChI=1S/C14H18N2S/c1-3-11-4-6-12(7-5-11)8-9-13-10-17-14(15-2)16-13/h4-7,10H,3,8-9H2,1-2H3,(H,15,16). The molecule has 0 unspecified atom stereocenters. The summed E-state index contributed by atoms with van der Waals surface area (Å²) in [5, 5.41) is 6.20. The Morgan fingerprint density at radius 1 is 1.12 bits per heavy atom. The molecule has 0 atom stereocenters. The van der Waals surface area contributed by atoms with Crippen LogP contribution in [0.2, 0.25) is 0 Å². The van der Waals surface area contributed by atoms with Gasteiger partial charge in [-0.1, -0.05) is 31.2 Å². The van der Waals surface area contributed by atoms with Crippen molar-refractivity contribution in [3.8, 4) is 0 Å². The first-order chi connectivity index (χ1) is 8.31. The van der Waals surface area contributed by atoms with Crippen molar-refractivity contribution in [2.45, 2.75) is 26.2 Å². The fourth-order valence-electron chi connectivity index (χ4n) is 1.75. The zero-order valence-corrected chi connectivity index (χ0v) is 11.2. The van der Waals surface area contributed by atoms with Gasteiger partial charge in [0.05, 0.1) is 5.69 Å². The van der Waals surface area contributed by atoms with Crippen LogP contribution >= 0.6 is 11.3 Å². The van der Waals surface area contributed by atoms with Gasteiger partial charge in [-0.2, -0.15) is 0 Å². The molecule has 0 aliphatic rings. The average Bonchev–Trinajstić information content (AvgIpc) is 2.85. The van der Waals surface area contributed by atoms with Crippen LogP contribution in [-0.2, 0) is 19.3 Å². The van der Waals surface area contributed by atoms with Crippen LogP contribution in [0.3, 0.4) is 0 Å². The molecule has 0 fully saturated rings. The summed E-state index contributed by atoms with van der Waals surface area (Å²) in [5.41, 5.74) is 3.97. The summed E-state index contributed by atoms with van der Waals surface area (Å²) in [6, 6.07) is 8.89. The van der Waals surface area contributed by atoms with Gasteiger partial charge in [0.15, 0.2) is 5.13 Å². The highest BCUT2D eigenvalue weighted by molar-refractivity contribution is 7.13. The fourth-order valence-corrected chi connectivity index (χ4v) is 2.46. The van der Waals surface area contributed by atoms with E-state index in [2.05, 4.69) is 46.9 Å². The number of hydrogen-bond acceptors (Lipinski definition) is 3. The maximum atomic E-state index is 4.48. The van der Waals surface area contributed by atoms with Crippen molar-refractivity contribution in [1.29, 1.82) is 0 Å². The van der Waals surface area contributed by atoms with Crippen molar-refractivity contribution in [3.63, 3.8) is 0 Å². The number of thiazole rings is 1. The van der Waals surface area contributed by atoms with E-state index in [-0.39, 0.29) is 0 Å². The molecule has 2 rings (SSSR count). The van der Waals surface area contributed by atoms with Gasteiger partial charge in [-0.25, -0.2) is 4.98 Å². The third-order valence-corrected chi connectivity index (χ3v) is 3.78. The number of aromatic nitrogens is 1. The lowest BCUT2D eigenvalue weighted by atomic mass is 10.1. The van der Waals surface area contributed by atoms with Crippen molar-refractivity contribution in [2.24, 2.45) is 0 Å². The van der Waals surface area contributed by atoms with Crippen molar-refractivity contribution < 1.29 is 0 Å². The summed E-state index contributed by atoms with van der Waals surface area (Å²) < 4.78 is 0. The van der Waals surface area contributed by atoms with E-state index in [1.165, 1.54) is 16.8 Å². The molecule has 1 N–H and O–H groups in total. The van der Waals surface area contributed by atoms with Crippen molar-refractivity contribution in [2.75, 3.05) is 12.4 Å². The highest BCUT2D eigenvalue weighted by atomic mass is 32.1. The SMILES string of the molecule is CCc1ccc(CCc2csc(NC)n2)cc1. The summed E-state index contributed by atoms with van der Waals surface area (Å²) in [6.07, 6.45) is 3.19. The number of benzene rings is 1. The summed E-state index contributed by atoms with van der Waals surface area (Å²) in [4.78, 5) is 4.48. The van der Waals surface area contributed by atoms with E-state index in [1.807, 2.05) is 7.05 Å². The van der Waals surface area contributed by atoms with Crippen LogP contribution in [0.5, 0.6) is 0 Å². The molecule has 0 amide bonds. The zero-order chi connectivity index (χ0) is 12.1. The molecule has 2 nitrogen and oxygen atoms in total. The monoisotopic (exact) mass is 246 g/mol. The van der Waals surface area contributed by atoms with Crippen LogP contribution in [-0.4, -0.2) is 12.0 Å². The lowest BCUT2D eigenvalue weighted by Crippen LogP contribution is -1.93. The van der Waals surface area contributed by atoms with E-state index in [0.717, 1.165) is 24.4 Å². The molecule has 3 heteroatoms. The predicted octanol–water partition coefficient (Wildman–Crippen LogP) is 3.53. The van der Waals surface area contributed by atoms with Crippen LogP contribution in [0.4, 0.5) is 5.13 Å². The quantitative estimate of drug-likeness (QED) is 0.873. The van der Waals surface area contributed by atoms with E-state index in [0.29, 0.717) is 0 Å². The van der Waals surface area contributed by atoms with E-state index < -0.39 is 0 Å². The number of aryl methyl sites for hydroxylation is 3. The number of nitrogens with zero attached hydrogens (tertiary/aromatic N) is 1. The topological polar surface area (TPSA) is 24.9 Å². The third kappa shape index (κ3) is 3.30. The van der Waals surface area contributed by atoms with Crippen molar-refractivity contribution >= 4 is 16.5 Å². The molecule has 0 aliphatic carbocycles. The number of rotatable bonds is 5. The van der Waals surface area contributed by atoms with Crippen LogP contribution in [0.1, 0.15) is 23.7 Å². The molecule has 0 radical (unpaired) electrons. The first kappa shape index (κ1) is 12.1. The Labute approximate surface area is 107 Å². The van der Waals surface area contributed by atoms with Gasteiger partial charge in [-0.05, 0) is 30.4 Å². The zero-order valence-electron chi connectivity index (χ0n) is 10.4. The van der Waals surface area contributed by atoms with Gasteiger partial charge in [-0.15, -0.1) is 11.3 Å². The van der Waals surface area contributed by atoms with Crippen LogP contribution in [0.25, 0.3) is 0 Å². The molecule has 0 spiro atoms. The van der Waals surface area contributed by atoms with Gasteiger partial charge in [0.25, 0.3) is 0 Å². The van der Waals surface area contributed by atoms with Gasteiger partial charge in [0, 0.05) is 12.4 Å². The Morgan fingerprint density at radius 2 is 1.82 bits per heavy atom. The Kier molecular flexibility index (Phi) is 4.15. The Hall–Kier alpha value is -1.35. The van der Waals surface area contributed by atoms with Gasteiger partial charge in [0.1, 0.15) is 0 Å². The average molecular weight is 246 g/mol. The normalized spacial score (nSPS) is 10.5. The molecule has 90 valence electrons. The highest BCUT2D eigenvalue weighted by Gasteiger charge is 2.01. The van der Waals surface area contributed by atoms with Crippen LogP contribution < -0.4 is 5.32 Å². The fraction of sp³-hybridized carbons (Fsp3) is 0.357. The Bertz CT molecular complexity index is 459. The Balaban J connectivity index is 1.92. The molecule has 1 heterocycles. The first-order valence-corrected chi connectivity index (χ1v) is 6.89. The molecule has 0 saturated heterocycles. The van der Waals surface area contributed by atoms with E-state index in [1.54, 1.807) is 11.3 Å². The molecule has 0 saturated carbocycles. The minimum absolute atomic E-state index is 1.00. The minimum Gasteiger partial charge on any atom is -0.365 e. The molecule has 0 bridgehead atoms. The summed E-state index contributed by atoms with van der Waals surface area (Å²) in [5.74, 6) is 0. The smallest absolute Gasteiger partial charge is 0.182 e. The van der Waals surface area contributed by atoms with Crippen molar-refractivity contribution in [1.82, 2.24) is 4.98 Å². The second-order valence-electron chi connectivity index (χ2n) is 4.06. The Morgan fingerprint density at radius 3 is 2.41 bits per heavy atom. The van der Waals surface area contributed by atoms with Gasteiger partial charge < -0.3 is 5.32 Å². The maximum absolute atomic E-state index is 4.48. The van der Waals surface area contributed by atoms with E-state index in [9.17, 15) is 0 Å². The second kappa shape index (κ2) is 5.82. The summed E-state index contributed by atoms with van der Waals surface area (Å²) in [6.45, 7) is 2.18. The molecule has 1 aromatic carbocycles. The molecular weight excluding hydrogens is 228 g/mol. The summed E-state index contributed by atoms with van der Waals surface area (Å²) in [7, 11) is 1.91. The molecular formula is C14H18N2S. The number of nitrogens with one attached hydrogen (secondary N) is 1. The predicted molar refractivity (Wildman–Crippen MR) is 74.9 cm³/mol. The lowest BCUT2D eigenvalue weighted by molar-refractivity contribution is 0.924. The highest BCUT2D eigenvalue weighted by Crippen LogP contribution is 2.16. The van der Waals surface area contributed by atoms with E-state index in [4.69, 9.17) is 0 Å². The van der Waals surface area contributed by atoms with E-state index >= 15 is 0 Å². The summed E-state index contributed by atoms with van der Waals surface area (Å²) >= 11 is 1.67. The molecule has 1 aromatic heterocycles. The van der Waals surface area contributed by atoms with Gasteiger partial charge in [-0.3, -0.25) is 0 Å². The van der Waals surface area contributed by atoms with Gasteiger partial charge >= 0.3 is 0 Å². The third-order valence-electron chi connectivity index (χ3n) is 2.87. The van der Waals surface area contributed by atoms with Crippen molar-refractivity contribution in [3.05, 3.63) is 46.5 Å². The second-order valence-corrected chi connectivity index (χ2v) is 4.92. The van der Waals surface area contributed by atoms with Crippen LogP contribution in [0.15, 0.2) is 29.6 Å². The molecule has 2 aromatic rings. The molecule has 17 heavy (non-hydrogen) atoms. The molecule has 0 aliphatic heterocycles. The lowest BCUT2D eigenvalue weighted by Gasteiger charge is -2.01. The maximum Gasteiger partial charge on any atom is 0.182 e. The largest absolute Gasteiger partial charge is 0.365 e. The van der Waals surface area contributed by atoms with Gasteiger partial charge in [0.2, 0.25) is 0 Å². The van der Waals surface area contributed by atoms with Crippen LogP contribution in [0, 0.1) is 0 Å². The number of hydrogen-bond donors (Lipinski definition) is 1. The minimum atomic E-state index is 1.00. The first-order valence-electron chi connectivity index (χ1n) is 6.01. The number of anilines is 1.